The zero-order valence-corrected chi connectivity index (χ0v) is 26.8. The Morgan fingerprint density at radius 2 is 1.46 bits per heavy atom. The fraction of sp³-hybridized carbons (Fsp3) is 0.500. The molecule has 0 saturated heterocycles. The molecule has 3 amide bonds. The molecule has 1 atom stereocenters. The number of carbonyl (C=O) groups is 3. The van der Waals surface area contributed by atoms with Crippen LogP contribution in [0.4, 0.5) is 11.4 Å². The number of nitrogens with one attached hydrogen (secondary N) is 1. The average Bonchev–Trinajstić information content (AvgIpc) is 2.94. The van der Waals surface area contributed by atoms with Crippen molar-refractivity contribution in [2.75, 3.05) is 12.4 Å². The third-order valence-corrected chi connectivity index (χ3v) is 8.34. The SMILES string of the molecule is CC#CC(=O)[N+](C)(C(=O)c1ccc(Cl)c(Cl)c1)c1cccc(NC(=O)C(C)(C)CCCCCCCCCCCC)c1. The molecule has 2 aromatic carbocycles. The molecule has 41 heavy (non-hydrogen) atoms. The van der Waals surface area contributed by atoms with E-state index in [0.717, 1.165) is 19.3 Å². The van der Waals surface area contributed by atoms with E-state index in [1.165, 1.54) is 76.6 Å². The van der Waals surface area contributed by atoms with Crippen LogP contribution in [-0.2, 0) is 9.59 Å². The van der Waals surface area contributed by atoms with E-state index in [1.54, 1.807) is 31.2 Å². The summed E-state index contributed by atoms with van der Waals surface area (Å²) in [5, 5.41) is 3.52. The van der Waals surface area contributed by atoms with Crippen molar-refractivity contribution in [2.45, 2.75) is 98.3 Å². The highest BCUT2D eigenvalue weighted by Crippen LogP contribution is 2.32. The second-order valence-corrected chi connectivity index (χ2v) is 12.3. The van der Waals surface area contributed by atoms with E-state index in [-0.39, 0.29) is 16.5 Å². The average molecular weight is 601 g/mol. The van der Waals surface area contributed by atoms with Gasteiger partial charge in [-0.1, -0.05) is 120 Å². The quantitative estimate of drug-likeness (QED) is 0.126. The molecule has 2 aromatic rings. The predicted octanol–water partition coefficient (Wildman–Crippen LogP) is 9.60. The molecule has 5 nitrogen and oxygen atoms in total. The van der Waals surface area contributed by atoms with E-state index in [2.05, 4.69) is 24.1 Å². The number of hydrogen-bond acceptors (Lipinski definition) is 3. The Balaban J connectivity index is 2.09. The third-order valence-electron chi connectivity index (χ3n) is 7.60. The van der Waals surface area contributed by atoms with Gasteiger partial charge in [-0.15, -0.1) is 0 Å². The summed E-state index contributed by atoms with van der Waals surface area (Å²) in [5.41, 5.74) is 0.541. The lowest BCUT2D eigenvalue weighted by Crippen LogP contribution is -2.55. The molecule has 1 unspecified atom stereocenters. The number of benzene rings is 2. The highest BCUT2D eigenvalue weighted by molar-refractivity contribution is 6.42. The molecule has 0 spiro atoms. The minimum Gasteiger partial charge on any atom is -0.325 e. The fourth-order valence-corrected chi connectivity index (χ4v) is 5.06. The van der Waals surface area contributed by atoms with Gasteiger partial charge in [0.1, 0.15) is 0 Å². The molecule has 0 saturated carbocycles. The summed E-state index contributed by atoms with van der Waals surface area (Å²) < 4.78 is -0.746. The normalized spacial score (nSPS) is 12.7. The lowest BCUT2D eigenvalue weighted by atomic mass is 9.85. The molecular weight excluding hydrogens is 555 g/mol. The molecule has 0 bridgehead atoms. The molecule has 222 valence electrons. The predicted molar refractivity (Wildman–Crippen MR) is 172 cm³/mol. The van der Waals surface area contributed by atoms with Crippen LogP contribution in [0.3, 0.4) is 0 Å². The van der Waals surface area contributed by atoms with E-state index >= 15 is 0 Å². The Bertz CT molecular complexity index is 1260. The van der Waals surface area contributed by atoms with Crippen LogP contribution in [-0.4, -0.2) is 24.8 Å². The van der Waals surface area contributed by atoms with Gasteiger partial charge in [0.15, 0.2) is 5.69 Å². The fourth-order valence-electron chi connectivity index (χ4n) is 4.76. The number of imide groups is 1. The van der Waals surface area contributed by atoms with Crippen LogP contribution in [0.25, 0.3) is 0 Å². The highest BCUT2D eigenvalue weighted by Gasteiger charge is 2.43. The van der Waals surface area contributed by atoms with Crippen molar-refractivity contribution in [3.8, 4) is 11.8 Å². The van der Waals surface area contributed by atoms with E-state index in [9.17, 15) is 14.4 Å². The van der Waals surface area contributed by atoms with E-state index in [4.69, 9.17) is 23.2 Å². The number of hydrogen-bond donors (Lipinski definition) is 1. The molecule has 1 N–H and O–H groups in total. The highest BCUT2D eigenvalue weighted by atomic mass is 35.5. The summed E-state index contributed by atoms with van der Waals surface area (Å²) in [6.45, 7) is 7.69. The van der Waals surface area contributed by atoms with E-state index in [0.29, 0.717) is 16.4 Å². The summed E-state index contributed by atoms with van der Waals surface area (Å²) in [6.07, 6.45) is 13.3. The summed E-state index contributed by atoms with van der Waals surface area (Å²) in [7, 11) is 1.49. The van der Waals surface area contributed by atoms with Crippen LogP contribution in [0.5, 0.6) is 0 Å². The number of carbonyl (C=O) groups excluding carboxylic acids is 3. The van der Waals surface area contributed by atoms with Crippen molar-refractivity contribution >= 4 is 52.3 Å². The van der Waals surface area contributed by atoms with Gasteiger partial charge in [-0.05, 0) is 37.6 Å². The first-order valence-electron chi connectivity index (χ1n) is 14.7. The molecule has 0 heterocycles. The minimum absolute atomic E-state index is 0.102. The molecule has 0 aromatic heterocycles. The molecule has 2 rings (SSSR count). The number of unbranched alkanes of at least 4 members (excludes halogenated alkanes) is 9. The van der Waals surface area contributed by atoms with Crippen LogP contribution in [0.15, 0.2) is 42.5 Å². The Labute approximate surface area is 256 Å². The summed E-state index contributed by atoms with van der Waals surface area (Å²) in [4.78, 5) is 40.2. The van der Waals surface area contributed by atoms with Crippen LogP contribution < -0.4 is 9.80 Å². The van der Waals surface area contributed by atoms with Gasteiger partial charge in [0.25, 0.3) is 0 Å². The number of anilines is 1. The summed E-state index contributed by atoms with van der Waals surface area (Å²) in [6, 6.07) is 11.3. The van der Waals surface area contributed by atoms with Gasteiger partial charge in [-0.3, -0.25) is 4.79 Å². The Morgan fingerprint density at radius 1 is 0.854 bits per heavy atom. The van der Waals surface area contributed by atoms with Gasteiger partial charge in [0.05, 0.1) is 22.7 Å². The Hall–Kier alpha value is -2.65. The van der Waals surface area contributed by atoms with Gasteiger partial charge in [0, 0.05) is 29.2 Å². The topological polar surface area (TPSA) is 63.2 Å². The maximum absolute atomic E-state index is 13.7. The lowest BCUT2D eigenvalue weighted by molar-refractivity contribution is -0.124. The molecule has 0 radical (unpaired) electrons. The number of nitrogens with zero attached hydrogens (tertiary/aromatic N) is 1. The molecule has 0 aliphatic carbocycles. The standard InChI is InChI=1S/C34H44Cl2N2O3/c1-6-8-9-10-11-12-13-14-15-16-23-34(3,4)33(41)37-27-19-17-20-28(25-27)38(5,31(39)18-7-2)32(40)26-21-22-29(35)30(36)24-26/h17,19-22,24-25H,6,8-16,23H2,1-5H3/p+1. The van der Waals surface area contributed by atoms with Gasteiger partial charge < -0.3 is 5.32 Å². The van der Waals surface area contributed by atoms with Gasteiger partial charge in [0.2, 0.25) is 5.91 Å². The molecule has 0 fully saturated rings. The number of rotatable bonds is 15. The van der Waals surface area contributed by atoms with Crippen molar-refractivity contribution < 1.29 is 14.4 Å². The van der Waals surface area contributed by atoms with Crippen molar-refractivity contribution in [1.29, 1.82) is 0 Å². The maximum Gasteiger partial charge on any atom is 0.404 e. The van der Waals surface area contributed by atoms with Crippen molar-refractivity contribution in [3.05, 3.63) is 58.1 Å². The number of halogens is 2. The van der Waals surface area contributed by atoms with Crippen molar-refractivity contribution in [3.63, 3.8) is 0 Å². The van der Waals surface area contributed by atoms with Crippen LogP contribution in [0, 0.1) is 17.3 Å². The third kappa shape index (κ3) is 9.99. The molecule has 0 aliphatic rings. The number of amides is 3. The van der Waals surface area contributed by atoms with Crippen LogP contribution >= 0.6 is 23.2 Å². The monoisotopic (exact) mass is 599 g/mol. The van der Waals surface area contributed by atoms with Gasteiger partial charge in [-0.25, -0.2) is 9.59 Å². The zero-order chi connectivity index (χ0) is 30.5. The number of quaternary nitrogens is 1. The Morgan fingerprint density at radius 3 is 2.05 bits per heavy atom. The van der Waals surface area contributed by atoms with Crippen LogP contribution in [0.1, 0.15) is 109 Å². The van der Waals surface area contributed by atoms with E-state index < -0.39 is 21.7 Å². The molecular formula is C34H45Cl2N2O3+. The van der Waals surface area contributed by atoms with Crippen molar-refractivity contribution in [1.82, 2.24) is 4.48 Å². The first-order valence-corrected chi connectivity index (χ1v) is 15.5. The first kappa shape index (κ1) is 34.6. The maximum atomic E-state index is 13.7. The first-order chi connectivity index (χ1) is 19.5. The summed E-state index contributed by atoms with van der Waals surface area (Å²) in [5.74, 6) is 3.89. The second kappa shape index (κ2) is 16.7. The molecule has 7 heteroatoms. The minimum atomic E-state index is -0.746. The molecule has 0 aliphatic heterocycles. The summed E-state index contributed by atoms with van der Waals surface area (Å²) >= 11 is 12.2. The Kier molecular flexibility index (Phi) is 14.1. The van der Waals surface area contributed by atoms with Crippen molar-refractivity contribution in [2.24, 2.45) is 5.41 Å². The van der Waals surface area contributed by atoms with Crippen LogP contribution in [0.2, 0.25) is 10.0 Å². The smallest absolute Gasteiger partial charge is 0.325 e. The van der Waals surface area contributed by atoms with Gasteiger partial charge in [-0.2, -0.15) is 4.48 Å². The zero-order valence-electron chi connectivity index (χ0n) is 25.2. The lowest BCUT2D eigenvalue weighted by Gasteiger charge is -2.27. The largest absolute Gasteiger partial charge is 0.404 e. The van der Waals surface area contributed by atoms with E-state index in [1.807, 2.05) is 13.8 Å². The second-order valence-electron chi connectivity index (χ2n) is 11.4. The van der Waals surface area contributed by atoms with Gasteiger partial charge >= 0.3 is 11.8 Å².